The van der Waals surface area contributed by atoms with Crippen LogP contribution >= 0.6 is 27.5 Å². The van der Waals surface area contributed by atoms with Gasteiger partial charge in [-0.15, -0.1) is 0 Å². The Balaban J connectivity index is 1.65. The molecule has 3 rings (SSSR count). The average Bonchev–Trinajstić information content (AvgIpc) is 2.85. The van der Waals surface area contributed by atoms with Gasteiger partial charge in [-0.05, 0) is 30.3 Å². The molecule has 2 aromatic rings. The number of nitro benzene ring substituents is 1. The van der Waals surface area contributed by atoms with Crippen LogP contribution in [0.25, 0.3) is 0 Å². The minimum absolute atomic E-state index is 0.0461. The van der Waals surface area contributed by atoms with Gasteiger partial charge in [0.05, 0.1) is 16.1 Å². The van der Waals surface area contributed by atoms with Crippen LogP contribution in [-0.4, -0.2) is 34.1 Å². The van der Waals surface area contributed by atoms with Gasteiger partial charge < -0.3 is 5.32 Å². The number of imide groups is 1. The fourth-order valence-electron chi connectivity index (χ4n) is 2.63. The number of fused-ring (bicyclic) bond motifs is 1. The molecule has 1 aliphatic rings. The number of benzene rings is 2. The minimum Gasteiger partial charge on any atom is -0.326 e. The molecule has 0 aliphatic carbocycles. The third-order valence-electron chi connectivity index (χ3n) is 3.92. The maximum absolute atomic E-state index is 12.4. The van der Waals surface area contributed by atoms with Crippen LogP contribution in [0.2, 0.25) is 5.02 Å². The highest BCUT2D eigenvalue weighted by Crippen LogP contribution is 2.28. The summed E-state index contributed by atoms with van der Waals surface area (Å²) in [6, 6.07) is 8.63. The Morgan fingerprint density at radius 1 is 1.15 bits per heavy atom. The van der Waals surface area contributed by atoms with Gasteiger partial charge in [-0.1, -0.05) is 27.5 Å². The minimum atomic E-state index is -0.658. The molecular formula is C17H11BrClN3O5. The Bertz CT molecular complexity index is 995. The van der Waals surface area contributed by atoms with Crippen LogP contribution in [0.3, 0.4) is 0 Å². The number of nitrogens with zero attached hydrogens (tertiary/aromatic N) is 2. The first-order valence-corrected chi connectivity index (χ1v) is 8.84. The van der Waals surface area contributed by atoms with Crippen molar-refractivity contribution in [1.82, 2.24) is 4.90 Å². The zero-order valence-electron chi connectivity index (χ0n) is 13.6. The molecule has 1 N–H and O–H groups in total. The molecule has 0 atom stereocenters. The largest absolute Gasteiger partial charge is 0.326 e. The third kappa shape index (κ3) is 3.83. The van der Waals surface area contributed by atoms with E-state index in [0.717, 1.165) is 11.0 Å². The van der Waals surface area contributed by atoms with E-state index in [9.17, 15) is 24.5 Å². The number of carbonyl (C=O) groups excluding carboxylic acids is 3. The predicted molar refractivity (Wildman–Crippen MR) is 101 cm³/mol. The Kier molecular flexibility index (Phi) is 5.24. The molecule has 1 heterocycles. The highest BCUT2D eigenvalue weighted by atomic mass is 79.9. The van der Waals surface area contributed by atoms with Crippen LogP contribution in [0, 0.1) is 10.1 Å². The second-order valence-electron chi connectivity index (χ2n) is 5.67. The van der Waals surface area contributed by atoms with Crippen molar-refractivity contribution in [2.75, 3.05) is 11.9 Å². The molecular weight excluding hydrogens is 442 g/mol. The van der Waals surface area contributed by atoms with E-state index in [1.165, 1.54) is 12.1 Å². The summed E-state index contributed by atoms with van der Waals surface area (Å²) in [6.07, 6.45) is -0.150. The summed E-state index contributed by atoms with van der Waals surface area (Å²) in [6.45, 7) is -0.106. The van der Waals surface area contributed by atoms with Gasteiger partial charge in [0, 0.05) is 29.2 Å². The first-order valence-electron chi connectivity index (χ1n) is 7.67. The monoisotopic (exact) mass is 451 g/mol. The molecule has 0 aromatic heterocycles. The van der Waals surface area contributed by atoms with Crippen LogP contribution in [0.4, 0.5) is 11.4 Å². The van der Waals surface area contributed by atoms with Crippen molar-refractivity contribution < 1.29 is 19.3 Å². The summed E-state index contributed by atoms with van der Waals surface area (Å²) < 4.78 is 0.673. The number of hydrogen-bond donors (Lipinski definition) is 1. The van der Waals surface area contributed by atoms with Gasteiger partial charge in [-0.2, -0.15) is 0 Å². The number of halogens is 2. The van der Waals surface area contributed by atoms with Crippen LogP contribution in [0.1, 0.15) is 27.1 Å². The van der Waals surface area contributed by atoms with E-state index in [1.807, 2.05) is 0 Å². The summed E-state index contributed by atoms with van der Waals surface area (Å²) in [5, 5.41) is 13.3. The summed E-state index contributed by atoms with van der Waals surface area (Å²) >= 11 is 8.97. The number of carbonyl (C=O) groups is 3. The fourth-order valence-corrected chi connectivity index (χ4v) is 3.18. The topological polar surface area (TPSA) is 110 Å². The normalized spacial score (nSPS) is 12.9. The first kappa shape index (κ1) is 19.0. The second-order valence-corrected chi connectivity index (χ2v) is 7.00. The number of anilines is 1. The third-order valence-corrected chi connectivity index (χ3v) is 4.73. The Hall–Kier alpha value is -2.78. The molecule has 3 amide bonds. The zero-order chi connectivity index (χ0) is 19.7. The molecule has 2 aromatic carbocycles. The Morgan fingerprint density at radius 2 is 1.85 bits per heavy atom. The molecule has 1 aliphatic heterocycles. The van der Waals surface area contributed by atoms with Crippen LogP contribution in [0.5, 0.6) is 0 Å². The number of rotatable bonds is 5. The molecule has 0 bridgehead atoms. The van der Waals surface area contributed by atoms with Gasteiger partial charge >= 0.3 is 0 Å². The van der Waals surface area contributed by atoms with Crippen molar-refractivity contribution >= 4 is 56.6 Å². The lowest BCUT2D eigenvalue weighted by Gasteiger charge is -2.13. The number of hydrogen-bond acceptors (Lipinski definition) is 5. The van der Waals surface area contributed by atoms with Crippen molar-refractivity contribution in [2.24, 2.45) is 0 Å². The molecule has 0 spiro atoms. The lowest BCUT2D eigenvalue weighted by Crippen LogP contribution is -2.32. The summed E-state index contributed by atoms with van der Waals surface area (Å²) in [4.78, 5) is 48.0. The number of amides is 3. The quantitative estimate of drug-likeness (QED) is 0.423. The Labute approximate surface area is 166 Å². The smallest absolute Gasteiger partial charge is 0.289 e. The molecule has 0 saturated heterocycles. The van der Waals surface area contributed by atoms with E-state index in [4.69, 9.17) is 11.6 Å². The first-order chi connectivity index (χ1) is 12.8. The van der Waals surface area contributed by atoms with Gasteiger partial charge in [0.1, 0.15) is 5.02 Å². The van der Waals surface area contributed by atoms with E-state index in [-0.39, 0.29) is 40.5 Å². The predicted octanol–water partition coefficient (Wildman–Crippen LogP) is 3.64. The summed E-state index contributed by atoms with van der Waals surface area (Å²) in [5.74, 6) is -1.42. The molecule has 8 nitrogen and oxygen atoms in total. The number of nitrogens with one attached hydrogen (secondary N) is 1. The van der Waals surface area contributed by atoms with Crippen molar-refractivity contribution in [2.45, 2.75) is 6.42 Å². The standard InChI is InChI=1S/C17H11BrClN3O5/c18-9-1-3-11-12(7-9)17(25)21(16(11)24)6-5-15(23)20-10-2-4-13(19)14(8-10)22(26)27/h1-4,7-8H,5-6H2,(H,20,23). The Morgan fingerprint density at radius 3 is 2.56 bits per heavy atom. The van der Waals surface area contributed by atoms with Crippen molar-refractivity contribution in [1.29, 1.82) is 0 Å². The lowest BCUT2D eigenvalue weighted by atomic mass is 10.1. The second kappa shape index (κ2) is 7.45. The van der Waals surface area contributed by atoms with Gasteiger partial charge in [-0.3, -0.25) is 29.4 Å². The van der Waals surface area contributed by atoms with Crippen LogP contribution in [0.15, 0.2) is 40.9 Å². The molecule has 138 valence electrons. The number of nitro groups is 1. The lowest BCUT2D eigenvalue weighted by molar-refractivity contribution is -0.384. The molecule has 0 saturated carbocycles. The van der Waals surface area contributed by atoms with Crippen LogP contribution < -0.4 is 5.32 Å². The molecule has 10 heteroatoms. The van der Waals surface area contributed by atoms with E-state index >= 15 is 0 Å². The zero-order valence-corrected chi connectivity index (χ0v) is 15.9. The van der Waals surface area contributed by atoms with Gasteiger partial charge in [0.2, 0.25) is 5.91 Å². The van der Waals surface area contributed by atoms with Gasteiger partial charge in [-0.25, -0.2) is 0 Å². The van der Waals surface area contributed by atoms with Gasteiger partial charge in [0.25, 0.3) is 17.5 Å². The molecule has 27 heavy (non-hydrogen) atoms. The fraction of sp³-hybridized carbons (Fsp3) is 0.118. The SMILES string of the molecule is O=C(CCN1C(=O)c2ccc(Br)cc2C1=O)Nc1ccc(Cl)c([N+](=O)[O-])c1. The van der Waals surface area contributed by atoms with E-state index in [2.05, 4.69) is 21.2 Å². The highest BCUT2D eigenvalue weighted by Gasteiger charge is 2.35. The highest BCUT2D eigenvalue weighted by molar-refractivity contribution is 9.10. The molecule has 0 radical (unpaired) electrons. The average molecular weight is 453 g/mol. The maximum atomic E-state index is 12.4. The van der Waals surface area contributed by atoms with E-state index in [1.54, 1.807) is 18.2 Å². The van der Waals surface area contributed by atoms with E-state index in [0.29, 0.717) is 4.47 Å². The maximum Gasteiger partial charge on any atom is 0.289 e. The van der Waals surface area contributed by atoms with Crippen LogP contribution in [-0.2, 0) is 4.79 Å². The van der Waals surface area contributed by atoms with Gasteiger partial charge in [0.15, 0.2) is 0 Å². The van der Waals surface area contributed by atoms with E-state index < -0.39 is 22.6 Å². The summed E-state index contributed by atoms with van der Waals surface area (Å²) in [7, 11) is 0. The van der Waals surface area contributed by atoms with Crippen molar-refractivity contribution in [3.63, 3.8) is 0 Å². The van der Waals surface area contributed by atoms with Crippen molar-refractivity contribution in [3.05, 3.63) is 67.1 Å². The molecule has 0 fully saturated rings. The van der Waals surface area contributed by atoms with Crippen molar-refractivity contribution in [3.8, 4) is 0 Å². The summed E-state index contributed by atoms with van der Waals surface area (Å²) in [5.41, 5.74) is 0.433. The molecule has 0 unspecified atom stereocenters.